The van der Waals surface area contributed by atoms with Crippen molar-refractivity contribution in [2.24, 2.45) is 0 Å². The van der Waals surface area contributed by atoms with Crippen molar-refractivity contribution in [2.45, 2.75) is 32.5 Å². The minimum Gasteiger partial charge on any atom is -0.480 e. The molecule has 1 aromatic carbocycles. The number of carbonyl (C=O) groups excluding carboxylic acids is 1. The van der Waals surface area contributed by atoms with Crippen molar-refractivity contribution in [1.29, 1.82) is 0 Å². The number of carbonyl (C=O) groups is 2. The standard InChI is InChI=1S/C17H24NO6P/c1-4-7-15(17(20)21)18-16(19)14-10-8-13(9-11-14)12-25(22,23-5-2)24-6-3/h4,8-11,15H,1,5-7,12H2,2-3H3,(H,18,19)(H,20,21)/t15-/m1/s1. The van der Waals surface area contributed by atoms with Gasteiger partial charge in [0.2, 0.25) is 0 Å². The molecule has 1 aromatic rings. The van der Waals surface area contributed by atoms with Crippen molar-refractivity contribution in [3.63, 3.8) is 0 Å². The summed E-state index contributed by atoms with van der Waals surface area (Å²) in [4.78, 5) is 23.2. The first-order valence-corrected chi connectivity index (χ1v) is 9.69. The Bertz CT molecular complexity index is 633. The molecule has 7 nitrogen and oxygen atoms in total. The molecule has 0 unspecified atom stereocenters. The fourth-order valence-electron chi connectivity index (χ4n) is 2.14. The number of hydrogen-bond donors (Lipinski definition) is 2. The Labute approximate surface area is 147 Å². The molecule has 138 valence electrons. The smallest absolute Gasteiger partial charge is 0.335 e. The van der Waals surface area contributed by atoms with Gasteiger partial charge in [-0.1, -0.05) is 18.2 Å². The first kappa shape index (κ1) is 21.1. The van der Waals surface area contributed by atoms with E-state index in [-0.39, 0.29) is 25.8 Å². The molecule has 0 radical (unpaired) electrons. The summed E-state index contributed by atoms with van der Waals surface area (Å²) >= 11 is 0. The van der Waals surface area contributed by atoms with Gasteiger partial charge >= 0.3 is 13.6 Å². The van der Waals surface area contributed by atoms with E-state index in [1.165, 1.54) is 6.08 Å². The van der Waals surface area contributed by atoms with Crippen LogP contribution in [0.1, 0.15) is 36.2 Å². The molecule has 1 amide bonds. The molecule has 1 rings (SSSR count). The third-order valence-corrected chi connectivity index (χ3v) is 5.31. The molecular weight excluding hydrogens is 345 g/mol. The molecule has 2 N–H and O–H groups in total. The Morgan fingerprint density at radius 1 is 1.24 bits per heavy atom. The van der Waals surface area contributed by atoms with E-state index in [9.17, 15) is 14.2 Å². The number of benzene rings is 1. The van der Waals surface area contributed by atoms with Gasteiger partial charge in [0.1, 0.15) is 6.04 Å². The number of carboxylic acid groups (broad SMARTS) is 1. The number of carboxylic acids is 1. The van der Waals surface area contributed by atoms with Crippen LogP contribution < -0.4 is 5.32 Å². The van der Waals surface area contributed by atoms with Crippen molar-refractivity contribution in [2.75, 3.05) is 13.2 Å². The third kappa shape index (κ3) is 6.82. The molecule has 0 spiro atoms. The summed E-state index contributed by atoms with van der Waals surface area (Å²) in [6.45, 7) is 7.50. The molecule has 0 bridgehead atoms. The second-order valence-electron chi connectivity index (χ2n) is 5.19. The van der Waals surface area contributed by atoms with Gasteiger partial charge in [-0.3, -0.25) is 9.36 Å². The van der Waals surface area contributed by atoms with Crippen LogP contribution in [0, 0.1) is 0 Å². The van der Waals surface area contributed by atoms with Crippen molar-refractivity contribution < 1.29 is 28.3 Å². The molecule has 1 atom stereocenters. The molecular formula is C17H24NO6P. The number of hydrogen-bond acceptors (Lipinski definition) is 5. The van der Waals surface area contributed by atoms with Gasteiger partial charge in [0.25, 0.3) is 5.91 Å². The molecule has 0 saturated carbocycles. The van der Waals surface area contributed by atoms with Crippen molar-refractivity contribution >= 4 is 19.5 Å². The minimum absolute atomic E-state index is 0.102. The van der Waals surface area contributed by atoms with E-state index in [2.05, 4.69) is 11.9 Å². The maximum atomic E-state index is 12.5. The summed E-state index contributed by atoms with van der Waals surface area (Å²) in [6.07, 6.45) is 1.66. The van der Waals surface area contributed by atoms with Gasteiger partial charge in [-0.05, 0) is 38.0 Å². The number of nitrogens with one attached hydrogen (secondary N) is 1. The average Bonchev–Trinajstić information content (AvgIpc) is 2.55. The van der Waals surface area contributed by atoms with Crippen molar-refractivity contribution in [3.8, 4) is 0 Å². The highest BCUT2D eigenvalue weighted by molar-refractivity contribution is 7.53. The highest BCUT2D eigenvalue weighted by Gasteiger charge is 2.24. The van der Waals surface area contributed by atoms with Crippen LogP contribution in [-0.4, -0.2) is 36.2 Å². The molecule has 8 heteroatoms. The van der Waals surface area contributed by atoms with E-state index in [1.54, 1.807) is 38.1 Å². The predicted molar refractivity (Wildman–Crippen MR) is 94.7 cm³/mol. The van der Waals surface area contributed by atoms with Crippen LogP contribution >= 0.6 is 7.60 Å². The maximum Gasteiger partial charge on any atom is 0.335 e. The van der Waals surface area contributed by atoms with Crippen LogP contribution in [0.3, 0.4) is 0 Å². The van der Waals surface area contributed by atoms with Crippen LogP contribution in [0.4, 0.5) is 0 Å². The highest BCUT2D eigenvalue weighted by atomic mass is 31.2. The Kier molecular flexibility index (Phi) is 8.55. The molecule has 0 aliphatic carbocycles. The van der Waals surface area contributed by atoms with E-state index >= 15 is 0 Å². The van der Waals surface area contributed by atoms with Gasteiger partial charge < -0.3 is 19.5 Å². The Balaban J connectivity index is 2.81. The van der Waals surface area contributed by atoms with Crippen LogP contribution in [0.25, 0.3) is 0 Å². The van der Waals surface area contributed by atoms with E-state index in [0.29, 0.717) is 11.1 Å². The molecule has 0 aromatic heterocycles. The summed E-state index contributed by atoms with van der Waals surface area (Å²) in [5.41, 5.74) is 1.00. The van der Waals surface area contributed by atoms with Crippen molar-refractivity contribution in [3.05, 3.63) is 48.0 Å². The topological polar surface area (TPSA) is 102 Å². The second kappa shape index (κ2) is 10.1. The Morgan fingerprint density at radius 3 is 2.24 bits per heavy atom. The van der Waals surface area contributed by atoms with Crippen LogP contribution in [0.15, 0.2) is 36.9 Å². The van der Waals surface area contributed by atoms with E-state index < -0.39 is 25.5 Å². The summed E-state index contributed by atoms with van der Waals surface area (Å²) in [7, 11) is -3.21. The molecule has 0 heterocycles. The Morgan fingerprint density at radius 2 is 1.80 bits per heavy atom. The van der Waals surface area contributed by atoms with Gasteiger partial charge in [-0.25, -0.2) is 4.79 Å². The fourth-order valence-corrected chi connectivity index (χ4v) is 3.84. The largest absolute Gasteiger partial charge is 0.480 e. The number of amides is 1. The molecule has 0 aliphatic heterocycles. The molecule has 0 aliphatic rings. The lowest BCUT2D eigenvalue weighted by molar-refractivity contribution is -0.139. The zero-order chi connectivity index (χ0) is 18.9. The summed E-state index contributed by atoms with van der Waals surface area (Å²) in [5.74, 6) is -1.63. The van der Waals surface area contributed by atoms with Crippen LogP contribution in [-0.2, 0) is 24.6 Å². The first-order chi connectivity index (χ1) is 11.8. The first-order valence-electron chi connectivity index (χ1n) is 7.96. The minimum atomic E-state index is -3.21. The van der Waals surface area contributed by atoms with Crippen LogP contribution in [0.5, 0.6) is 0 Å². The van der Waals surface area contributed by atoms with Gasteiger partial charge in [-0.2, -0.15) is 0 Å². The van der Waals surface area contributed by atoms with Gasteiger partial charge in [0.15, 0.2) is 0 Å². The van der Waals surface area contributed by atoms with E-state index in [0.717, 1.165) is 0 Å². The number of rotatable bonds is 11. The zero-order valence-corrected chi connectivity index (χ0v) is 15.3. The molecule has 0 fully saturated rings. The van der Waals surface area contributed by atoms with Crippen molar-refractivity contribution in [1.82, 2.24) is 5.32 Å². The van der Waals surface area contributed by atoms with Gasteiger partial charge in [-0.15, -0.1) is 6.58 Å². The summed E-state index contributed by atoms with van der Waals surface area (Å²) in [5, 5.41) is 11.5. The lowest BCUT2D eigenvalue weighted by atomic mass is 10.1. The Hall–Kier alpha value is -1.95. The van der Waals surface area contributed by atoms with Crippen LogP contribution in [0.2, 0.25) is 0 Å². The highest BCUT2D eigenvalue weighted by Crippen LogP contribution is 2.51. The quantitative estimate of drug-likeness (QED) is 0.459. The predicted octanol–water partition coefficient (Wildman–Crippen LogP) is 3.21. The zero-order valence-electron chi connectivity index (χ0n) is 14.4. The van der Waals surface area contributed by atoms with Gasteiger partial charge in [0.05, 0.1) is 19.4 Å². The van der Waals surface area contributed by atoms with E-state index in [1.807, 2.05) is 0 Å². The second-order valence-corrected chi connectivity index (χ2v) is 7.24. The average molecular weight is 369 g/mol. The fraction of sp³-hybridized carbons (Fsp3) is 0.412. The summed E-state index contributed by atoms with van der Waals surface area (Å²) in [6, 6.07) is 5.34. The summed E-state index contributed by atoms with van der Waals surface area (Å²) < 4.78 is 23.0. The van der Waals surface area contributed by atoms with E-state index in [4.69, 9.17) is 14.2 Å². The SMILES string of the molecule is C=CC[C@@H](NC(=O)c1ccc(CP(=O)(OCC)OCC)cc1)C(=O)O. The normalized spacial score (nSPS) is 12.4. The monoisotopic (exact) mass is 369 g/mol. The van der Waals surface area contributed by atoms with Gasteiger partial charge in [0, 0.05) is 5.56 Å². The molecule has 0 saturated heterocycles. The number of aliphatic carboxylic acids is 1. The molecule has 25 heavy (non-hydrogen) atoms. The lowest BCUT2D eigenvalue weighted by Gasteiger charge is -2.17. The lowest BCUT2D eigenvalue weighted by Crippen LogP contribution is -2.40. The maximum absolute atomic E-state index is 12.5. The third-order valence-electron chi connectivity index (χ3n) is 3.25.